The third-order valence-corrected chi connectivity index (χ3v) is 5.32. The standard InChI is InChI=1S/C16H15Cl2F2NO4/c1-15(13(22)23)6-16(14(24)25,3-2-7(15)12(19)20)8-4-11(21)10(18)5-9(8)17/h2-5,7,12H,6,21H2,1H3,(H,22,23)(H,24,25). The van der Waals surface area contributed by atoms with Crippen molar-refractivity contribution in [1.29, 1.82) is 0 Å². The van der Waals surface area contributed by atoms with Crippen molar-refractivity contribution in [2.24, 2.45) is 11.3 Å². The van der Waals surface area contributed by atoms with E-state index in [9.17, 15) is 28.6 Å². The van der Waals surface area contributed by atoms with Crippen LogP contribution in [-0.2, 0) is 15.0 Å². The zero-order valence-electron chi connectivity index (χ0n) is 13.0. The molecule has 1 aromatic carbocycles. The molecule has 0 amide bonds. The number of nitrogen functional groups attached to an aromatic ring is 1. The van der Waals surface area contributed by atoms with E-state index in [1.807, 2.05) is 0 Å². The van der Waals surface area contributed by atoms with Gasteiger partial charge in [0.1, 0.15) is 5.41 Å². The van der Waals surface area contributed by atoms with Gasteiger partial charge in [-0.1, -0.05) is 35.4 Å². The van der Waals surface area contributed by atoms with Gasteiger partial charge in [-0.15, -0.1) is 0 Å². The largest absolute Gasteiger partial charge is 0.481 e. The molecular weight excluding hydrogens is 379 g/mol. The van der Waals surface area contributed by atoms with Gasteiger partial charge in [0.2, 0.25) is 6.43 Å². The monoisotopic (exact) mass is 393 g/mol. The Balaban J connectivity index is 2.74. The molecule has 0 saturated heterocycles. The van der Waals surface area contributed by atoms with Crippen LogP contribution in [0.5, 0.6) is 0 Å². The Kier molecular flexibility index (Phi) is 5.03. The molecule has 4 N–H and O–H groups in total. The zero-order chi connectivity index (χ0) is 19.2. The van der Waals surface area contributed by atoms with Gasteiger partial charge in [-0.3, -0.25) is 9.59 Å². The van der Waals surface area contributed by atoms with Gasteiger partial charge in [0.05, 0.1) is 22.0 Å². The molecule has 0 fully saturated rings. The maximum Gasteiger partial charge on any atom is 0.318 e. The Bertz CT molecular complexity index is 771. The highest BCUT2D eigenvalue weighted by Crippen LogP contribution is 2.51. The van der Waals surface area contributed by atoms with E-state index in [0.717, 1.165) is 19.1 Å². The van der Waals surface area contributed by atoms with Crippen molar-refractivity contribution in [3.05, 3.63) is 39.9 Å². The second-order valence-corrected chi connectivity index (χ2v) is 7.06. The van der Waals surface area contributed by atoms with E-state index in [1.165, 1.54) is 12.1 Å². The SMILES string of the molecule is CC1(C(=O)O)CC(C(=O)O)(c2cc(N)c(Cl)cc2Cl)C=CC1C(F)F. The van der Waals surface area contributed by atoms with Crippen LogP contribution in [0.15, 0.2) is 24.3 Å². The van der Waals surface area contributed by atoms with Crippen molar-refractivity contribution in [2.45, 2.75) is 25.2 Å². The summed E-state index contributed by atoms with van der Waals surface area (Å²) in [4.78, 5) is 23.7. The molecule has 0 heterocycles. The number of carboxylic acids is 2. The Morgan fingerprint density at radius 3 is 2.32 bits per heavy atom. The Hall–Kier alpha value is -1.86. The number of benzene rings is 1. The quantitative estimate of drug-likeness (QED) is 0.532. The second kappa shape index (κ2) is 6.46. The second-order valence-electron chi connectivity index (χ2n) is 6.25. The third-order valence-electron chi connectivity index (χ3n) is 4.68. The summed E-state index contributed by atoms with van der Waals surface area (Å²) in [5, 5.41) is 19.4. The van der Waals surface area contributed by atoms with Gasteiger partial charge in [-0.25, -0.2) is 8.78 Å². The maximum atomic E-state index is 13.3. The van der Waals surface area contributed by atoms with Crippen LogP contribution in [-0.4, -0.2) is 28.6 Å². The molecule has 1 aliphatic carbocycles. The molecule has 0 saturated carbocycles. The van der Waals surface area contributed by atoms with Crippen LogP contribution in [0.3, 0.4) is 0 Å². The number of alkyl halides is 2. The van der Waals surface area contributed by atoms with E-state index in [2.05, 4.69) is 0 Å². The van der Waals surface area contributed by atoms with E-state index >= 15 is 0 Å². The third kappa shape index (κ3) is 3.06. The molecule has 5 nitrogen and oxygen atoms in total. The first-order valence-corrected chi connectivity index (χ1v) is 7.90. The molecule has 3 unspecified atom stereocenters. The number of allylic oxidation sites excluding steroid dienone is 1. The first-order chi connectivity index (χ1) is 11.5. The summed E-state index contributed by atoms with van der Waals surface area (Å²) in [6.45, 7) is 1.10. The van der Waals surface area contributed by atoms with Gasteiger partial charge < -0.3 is 15.9 Å². The van der Waals surface area contributed by atoms with Gasteiger partial charge in [-0.05, 0) is 31.0 Å². The zero-order valence-corrected chi connectivity index (χ0v) is 14.5. The number of nitrogens with two attached hydrogens (primary N) is 1. The lowest BCUT2D eigenvalue weighted by Crippen LogP contribution is -2.50. The van der Waals surface area contributed by atoms with Crippen LogP contribution in [0, 0.1) is 11.3 Å². The van der Waals surface area contributed by atoms with Crippen LogP contribution < -0.4 is 5.73 Å². The number of aliphatic carboxylic acids is 2. The molecule has 0 bridgehead atoms. The summed E-state index contributed by atoms with van der Waals surface area (Å²) in [5.74, 6) is -4.58. The Morgan fingerprint density at radius 1 is 1.24 bits per heavy atom. The van der Waals surface area contributed by atoms with Gasteiger partial charge >= 0.3 is 11.9 Å². The topological polar surface area (TPSA) is 101 Å². The van der Waals surface area contributed by atoms with E-state index < -0.39 is 41.5 Å². The van der Waals surface area contributed by atoms with Gasteiger partial charge in [0, 0.05) is 5.02 Å². The minimum atomic E-state index is -2.96. The van der Waals surface area contributed by atoms with Crippen molar-refractivity contribution in [2.75, 3.05) is 5.73 Å². The lowest BCUT2D eigenvalue weighted by molar-refractivity contribution is -0.159. The average Bonchev–Trinajstić information content (AvgIpc) is 2.49. The molecule has 25 heavy (non-hydrogen) atoms. The fraction of sp³-hybridized carbons (Fsp3) is 0.375. The average molecular weight is 394 g/mol. The van der Waals surface area contributed by atoms with Crippen LogP contribution >= 0.6 is 23.2 Å². The highest BCUT2D eigenvalue weighted by atomic mass is 35.5. The highest BCUT2D eigenvalue weighted by Gasteiger charge is 2.56. The van der Waals surface area contributed by atoms with Crippen molar-refractivity contribution in [1.82, 2.24) is 0 Å². The minimum absolute atomic E-state index is 0.00000740. The molecule has 2 rings (SSSR count). The Morgan fingerprint density at radius 2 is 1.84 bits per heavy atom. The van der Waals surface area contributed by atoms with Gasteiger partial charge in [-0.2, -0.15) is 0 Å². The molecule has 0 spiro atoms. The molecule has 136 valence electrons. The minimum Gasteiger partial charge on any atom is -0.481 e. The lowest BCUT2D eigenvalue weighted by atomic mass is 9.59. The summed E-state index contributed by atoms with van der Waals surface area (Å²) in [6, 6.07) is 2.47. The van der Waals surface area contributed by atoms with Crippen molar-refractivity contribution >= 4 is 40.8 Å². The molecular formula is C16H15Cl2F2NO4. The van der Waals surface area contributed by atoms with Crippen molar-refractivity contribution in [3.8, 4) is 0 Å². The van der Waals surface area contributed by atoms with Gasteiger partial charge in [0.25, 0.3) is 0 Å². The van der Waals surface area contributed by atoms with Crippen LogP contribution in [0.2, 0.25) is 10.0 Å². The lowest BCUT2D eigenvalue weighted by Gasteiger charge is -2.42. The molecule has 9 heteroatoms. The number of carboxylic acid groups (broad SMARTS) is 2. The molecule has 1 aliphatic rings. The first-order valence-electron chi connectivity index (χ1n) is 7.15. The summed E-state index contributed by atoms with van der Waals surface area (Å²) in [5.41, 5.74) is 1.82. The number of carbonyl (C=O) groups is 2. The first kappa shape index (κ1) is 19.5. The van der Waals surface area contributed by atoms with Crippen LogP contribution in [0.1, 0.15) is 18.9 Å². The molecule has 0 aromatic heterocycles. The fourth-order valence-electron chi connectivity index (χ4n) is 3.17. The molecule has 3 atom stereocenters. The highest BCUT2D eigenvalue weighted by molar-refractivity contribution is 6.37. The normalized spacial score (nSPS) is 29.0. The summed E-state index contributed by atoms with van der Waals surface area (Å²) in [7, 11) is 0. The number of rotatable bonds is 4. The summed E-state index contributed by atoms with van der Waals surface area (Å²) < 4.78 is 26.6. The molecule has 1 aromatic rings. The predicted octanol–water partition coefficient (Wildman–Crippen LogP) is 3.83. The van der Waals surface area contributed by atoms with Crippen LogP contribution in [0.25, 0.3) is 0 Å². The van der Waals surface area contributed by atoms with Gasteiger partial charge in [0.15, 0.2) is 0 Å². The summed E-state index contributed by atoms with van der Waals surface area (Å²) in [6.07, 6.45) is -1.59. The van der Waals surface area contributed by atoms with Crippen molar-refractivity contribution in [3.63, 3.8) is 0 Å². The van der Waals surface area contributed by atoms with E-state index in [-0.39, 0.29) is 21.3 Å². The van der Waals surface area contributed by atoms with E-state index in [0.29, 0.717) is 0 Å². The predicted molar refractivity (Wildman–Crippen MR) is 89.2 cm³/mol. The van der Waals surface area contributed by atoms with E-state index in [1.54, 1.807) is 0 Å². The number of hydrogen-bond donors (Lipinski definition) is 3. The number of halogens is 4. The molecule has 0 aliphatic heterocycles. The smallest absolute Gasteiger partial charge is 0.318 e. The molecule has 0 radical (unpaired) electrons. The fourth-order valence-corrected chi connectivity index (χ4v) is 3.72. The number of hydrogen-bond acceptors (Lipinski definition) is 3. The maximum absolute atomic E-state index is 13.3. The van der Waals surface area contributed by atoms with Crippen LogP contribution in [0.4, 0.5) is 14.5 Å². The number of anilines is 1. The Labute approximate surface area is 152 Å². The summed E-state index contributed by atoms with van der Waals surface area (Å²) >= 11 is 12.0. The van der Waals surface area contributed by atoms with E-state index in [4.69, 9.17) is 28.9 Å². The van der Waals surface area contributed by atoms with Crippen molar-refractivity contribution < 1.29 is 28.6 Å².